The maximum atomic E-state index is 12.3. The first-order valence-corrected chi connectivity index (χ1v) is 11.3. The molecule has 1 aliphatic rings. The van der Waals surface area contributed by atoms with E-state index in [2.05, 4.69) is 25.9 Å². The summed E-state index contributed by atoms with van der Waals surface area (Å²) in [4.78, 5) is 35.2. The molecule has 1 aromatic rings. The number of amides is 2. The molecule has 1 aliphatic carbocycles. The van der Waals surface area contributed by atoms with Gasteiger partial charge in [0, 0.05) is 32.9 Å². The Morgan fingerprint density at radius 2 is 1.94 bits per heavy atom. The lowest BCUT2D eigenvalue weighted by Crippen LogP contribution is -2.48. The third-order valence-electron chi connectivity index (χ3n) is 5.41. The summed E-state index contributed by atoms with van der Waals surface area (Å²) in [5.41, 5.74) is 0. The van der Waals surface area contributed by atoms with Gasteiger partial charge in [-0.1, -0.05) is 13.8 Å². The smallest absolute Gasteiger partial charge is 0.328 e. The number of urea groups is 1. The molecule has 0 aromatic carbocycles. The number of nitrogens with zero attached hydrogens (tertiary/aromatic N) is 3. The highest BCUT2D eigenvalue weighted by Crippen LogP contribution is 2.25. The lowest BCUT2D eigenvalue weighted by Gasteiger charge is -2.29. The number of hydrogen-bond acceptors (Lipinski definition) is 7. The summed E-state index contributed by atoms with van der Waals surface area (Å²) in [7, 11) is 3.91. The number of rotatable bonds is 10. The van der Waals surface area contributed by atoms with E-state index in [1.165, 1.54) is 0 Å². The summed E-state index contributed by atoms with van der Waals surface area (Å²) >= 11 is 0. The molecule has 31 heavy (non-hydrogen) atoms. The van der Waals surface area contributed by atoms with Crippen LogP contribution in [-0.2, 0) is 9.53 Å². The van der Waals surface area contributed by atoms with Gasteiger partial charge >= 0.3 is 12.0 Å². The molecule has 9 heteroatoms. The van der Waals surface area contributed by atoms with Crippen LogP contribution in [0, 0.1) is 11.8 Å². The van der Waals surface area contributed by atoms with Gasteiger partial charge < -0.3 is 25.6 Å². The van der Waals surface area contributed by atoms with Crippen LogP contribution in [0.1, 0.15) is 52.9 Å². The van der Waals surface area contributed by atoms with E-state index >= 15 is 0 Å². The minimum Gasteiger partial charge on any atom is -0.464 e. The molecule has 1 heterocycles. The van der Waals surface area contributed by atoms with Crippen LogP contribution in [0.25, 0.3) is 0 Å². The van der Waals surface area contributed by atoms with Crippen molar-refractivity contribution >= 4 is 23.8 Å². The highest BCUT2D eigenvalue weighted by molar-refractivity contribution is 5.83. The molecule has 2 amide bonds. The zero-order chi connectivity index (χ0) is 22.8. The fraction of sp³-hybridized carbons (Fsp3) is 0.727. The number of ether oxygens (including phenoxy) is 1. The van der Waals surface area contributed by atoms with E-state index in [0.29, 0.717) is 37.5 Å². The summed E-state index contributed by atoms with van der Waals surface area (Å²) in [6.45, 7) is 6.70. The van der Waals surface area contributed by atoms with E-state index in [0.717, 1.165) is 31.5 Å². The van der Waals surface area contributed by atoms with E-state index in [9.17, 15) is 9.59 Å². The number of carbonyl (C=O) groups excluding carboxylic acids is 2. The fourth-order valence-corrected chi connectivity index (χ4v) is 3.74. The molecule has 1 atom stereocenters. The quantitative estimate of drug-likeness (QED) is 0.486. The van der Waals surface area contributed by atoms with Gasteiger partial charge in [0.1, 0.15) is 11.9 Å². The van der Waals surface area contributed by atoms with Crippen LogP contribution in [0.5, 0.6) is 0 Å². The Bertz CT molecular complexity index is 704. The normalized spacial score (nSPS) is 19.4. The topological polar surface area (TPSA) is 108 Å². The van der Waals surface area contributed by atoms with Crippen LogP contribution in [0.4, 0.5) is 16.6 Å². The average Bonchev–Trinajstić information content (AvgIpc) is 2.73. The number of carbonyl (C=O) groups is 2. The molecular weight excluding hydrogens is 396 g/mol. The van der Waals surface area contributed by atoms with Gasteiger partial charge in [-0.25, -0.2) is 14.6 Å². The van der Waals surface area contributed by atoms with Gasteiger partial charge in [0.2, 0.25) is 5.95 Å². The van der Waals surface area contributed by atoms with E-state index < -0.39 is 6.04 Å². The van der Waals surface area contributed by atoms with Crippen LogP contribution in [0.3, 0.4) is 0 Å². The largest absolute Gasteiger partial charge is 0.464 e. The first kappa shape index (κ1) is 24.7. The number of esters is 1. The van der Waals surface area contributed by atoms with Crippen molar-refractivity contribution in [2.24, 2.45) is 11.8 Å². The predicted molar refractivity (Wildman–Crippen MR) is 122 cm³/mol. The van der Waals surface area contributed by atoms with Crippen molar-refractivity contribution in [3.8, 4) is 0 Å². The van der Waals surface area contributed by atoms with Gasteiger partial charge in [-0.2, -0.15) is 4.98 Å². The Balaban J connectivity index is 1.74. The van der Waals surface area contributed by atoms with Crippen LogP contribution in [-0.4, -0.2) is 61.3 Å². The number of hydrogen-bond donors (Lipinski definition) is 3. The summed E-state index contributed by atoms with van der Waals surface area (Å²) in [6, 6.07) is 1.29. The number of nitrogens with one attached hydrogen (secondary N) is 3. The monoisotopic (exact) mass is 434 g/mol. The van der Waals surface area contributed by atoms with Gasteiger partial charge in [-0.15, -0.1) is 0 Å². The molecule has 0 aliphatic heterocycles. The molecule has 1 aromatic heterocycles. The zero-order valence-electron chi connectivity index (χ0n) is 19.5. The molecule has 9 nitrogen and oxygen atoms in total. The molecule has 0 radical (unpaired) electrons. The van der Waals surface area contributed by atoms with Gasteiger partial charge in [0.15, 0.2) is 0 Å². The second-order valence-electron chi connectivity index (χ2n) is 8.78. The Labute approximate surface area is 185 Å². The maximum Gasteiger partial charge on any atom is 0.328 e. The van der Waals surface area contributed by atoms with E-state index in [1.54, 1.807) is 13.1 Å². The SMILES string of the molecule is CCOC(=O)[C@H](CC(C)C)NC(=O)NC[C@H]1CC[C@@H](Nc2nccc(N(C)C)n2)CC1. The first-order chi connectivity index (χ1) is 14.8. The van der Waals surface area contributed by atoms with Crippen LogP contribution >= 0.6 is 0 Å². The van der Waals surface area contributed by atoms with Crippen molar-refractivity contribution in [3.05, 3.63) is 12.3 Å². The van der Waals surface area contributed by atoms with Crippen LogP contribution < -0.4 is 20.9 Å². The van der Waals surface area contributed by atoms with Gasteiger partial charge in [0.25, 0.3) is 0 Å². The minimum atomic E-state index is -0.613. The van der Waals surface area contributed by atoms with E-state index in [1.807, 2.05) is 38.9 Å². The molecule has 0 saturated heterocycles. The number of anilines is 2. The van der Waals surface area contributed by atoms with Crippen molar-refractivity contribution in [2.45, 2.75) is 65.0 Å². The Hall–Kier alpha value is -2.58. The van der Waals surface area contributed by atoms with Crippen LogP contribution in [0.15, 0.2) is 12.3 Å². The minimum absolute atomic E-state index is 0.278. The summed E-state index contributed by atoms with van der Waals surface area (Å²) < 4.78 is 5.08. The molecule has 1 saturated carbocycles. The predicted octanol–water partition coefficient (Wildman–Crippen LogP) is 2.79. The number of aromatic nitrogens is 2. The average molecular weight is 435 g/mol. The Kier molecular flexibility index (Phi) is 9.81. The van der Waals surface area contributed by atoms with Gasteiger partial charge in [-0.3, -0.25) is 0 Å². The fourth-order valence-electron chi connectivity index (χ4n) is 3.74. The summed E-state index contributed by atoms with van der Waals surface area (Å²) in [6.07, 6.45) is 6.35. The molecule has 0 unspecified atom stereocenters. The molecule has 0 bridgehead atoms. The maximum absolute atomic E-state index is 12.3. The first-order valence-electron chi connectivity index (χ1n) is 11.3. The molecular formula is C22H38N6O3. The molecule has 1 fully saturated rings. The molecule has 2 rings (SSSR count). The van der Waals surface area contributed by atoms with Crippen molar-refractivity contribution < 1.29 is 14.3 Å². The second kappa shape index (κ2) is 12.3. The van der Waals surface area contributed by atoms with Crippen molar-refractivity contribution in [2.75, 3.05) is 37.5 Å². The van der Waals surface area contributed by atoms with Crippen molar-refractivity contribution in [3.63, 3.8) is 0 Å². The third kappa shape index (κ3) is 8.59. The standard InChI is InChI=1S/C22H38N6O3/c1-6-31-20(29)18(13-15(2)3)26-22(30)24-14-16-7-9-17(10-8-16)25-21-23-12-11-19(27-21)28(4)5/h11-12,15-18H,6-10,13-14H2,1-5H3,(H,23,25,27)(H2,24,26,30)/t16-,17+,18-/m0/s1. The highest BCUT2D eigenvalue weighted by Gasteiger charge is 2.25. The lowest BCUT2D eigenvalue weighted by molar-refractivity contribution is -0.145. The third-order valence-corrected chi connectivity index (χ3v) is 5.41. The Morgan fingerprint density at radius 3 is 2.55 bits per heavy atom. The Morgan fingerprint density at radius 1 is 1.23 bits per heavy atom. The lowest BCUT2D eigenvalue weighted by atomic mass is 9.86. The zero-order valence-corrected chi connectivity index (χ0v) is 19.5. The van der Waals surface area contributed by atoms with E-state index in [4.69, 9.17) is 4.74 Å². The van der Waals surface area contributed by atoms with Gasteiger partial charge in [0.05, 0.1) is 6.61 Å². The second-order valence-corrected chi connectivity index (χ2v) is 8.78. The highest BCUT2D eigenvalue weighted by atomic mass is 16.5. The molecule has 3 N–H and O–H groups in total. The van der Waals surface area contributed by atoms with Crippen molar-refractivity contribution in [1.82, 2.24) is 20.6 Å². The van der Waals surface area contributed by atoms with Gasteiger partial charge in [-0.05, 0) is 56.9 Å². The van der Waals surface area contributed by atoms with Crippen molar-refractivity contribution in [1.29, 1.82) is 0 Å². The summed E-state index contributed by atoms with van der Waals surface area (Å²) in [5.74, 6) is 1.85. The molecule has 0 spiro atoms. The molecule has 174 valence electrons. The van der Waals surface area contributed by atoms with Crippen LogP contribution in [0.2, 0.25) is 0 Å². The van der Waals surface area contributed by atoms with E-state index in [-0.39, 0.29) is 17.9 Å². The summed E-state index contributed by atoms with van der Waals surface area (Å²) in [5, 5.41) is 9.13.